The molecule has 0 fully saturated rings. The maximum atomic E-state index is 2.52. The topological polar surface area (TPSA) is 6.48 Å². The zero-order valence-electron chi connectivity index (χ0n) is 13.1. The predicted octanol–water partition coefficient (Wildman–Crippen LogP) is 4.01. The van der Waals surface area contributed by atoms with E-state index in [0.29, 0.717) is 6.04 Å². The lowest BCUT2D eigenvalue weighted by Crippen LogP contribution is -2.39. The van der Waals surface area contributed by atoms with E-state index in [1.165, 1.54) is 24.2 Å². The van der Waals surface area contributed by atoms with Crippen molar-refractivity contribution in [2.45, 2.75) is 32.7 Å². The third-order valence-electron chi connectivity index (χ3n) is 3.94. The lowest BCUT2D eigenvalue weighted by molar-refractivity contribution is 0.254. The molecule has 0 aromatic carbocycles. The fourth-order valence-corrected chi connectivity index (χ4v) is 3.56. The van der Waals surface area contributed by atoms with Gasteiger partial charge in [-0.05, 0) is 52.9 Å². The van der Waals surface area contributed by atoms with Crippen molar-refractivity contribution in [1.82, 2.24) is 9.80 Å². The number of hydrogen-bond donors (Lipinski definition) is 0. The largest absolute Gasteiger partial charge is 0.342 e. The molecule has 1 atom stereocenters. The van der Waals surface area contributed by atoms with Crippen LogP contribution in [0.25, 0.3) is 0 Å². The highest BCUT2D eigenvalue weighted by molar-refractivity contribution is 8.03. The van der Waals surface area contributed by atoms with Crippen LogP contribution >= 0.6 is 11.8 Å². The van der Waals surface area contributed by atoms with Gasteiger partial charge in [-0.25, -0.2) is 0 Å². The molecule has 3 heteroatoms. The molecule has 1 aliphatic heterocycles. The molecule has 0 amide bonds. The third-order valence-corrected chi connectivity index (χ3v) is 5.14. The lowest BCUT2D eigenvalue weighted by Gasteiger charge is -2.38. The Morgan fingerprint density at radius 2 is 2.25 bits per heavy atom. The van der Waals surface area contributed by atoms with Gasteiger partial charge in [0.1, 0.15) is 0 Å². The number of hydrogen-bond acceptors (Lipinski definition) is 3. The predicted molar refractivity (Wildman–Crippen MR) is 90.6 cm³/mol. The molecule has 0 spiro atoms. The maximum Gasteiger partial charge on any atom is 0.0502 e. The van der Waals surface area contributed by atoms with Crippen molar-refractivity contribution in [2.75, 3.05) is 26.4 Å². The zero-order chi connectivity index (χ0) is 14.5. The summed E-state index contributed by atoms with van der Waals surface area (Å²) in [5.74, 6) is 1.09. The smallest absolute Gasteiger partial charge is 0.0502 e. The molecule has 1 unspecified atom stereocenters. The summed E-state index contributed by atoms with van der Waals surface area (Å²) in [5, 5.41) is 0. The van der Waals surface area contributed by atoms with Gasteiger partial charge in [-0.1, -0.05) is 18.2 Å². The van der Waals surface area contributed by atoms with Gasteiger partial charge in [0.05, 0.1) is 5.70 Å². The molecule has 1 heterocycles. The first-order valence-electron chi connectivity index (χ1n) is 7.41. The molecule has 0 aromatic rings. The molecule has 0 saturated carbocycles. The van der Waals surface area contributed by atoms with E-state index in [2.05, 4.69) is 68.1 Å². The second-order valence-corrected chi connectivity index (χ2v) is 6.72. The minimum Gasteiger partial charge on any atom is -0.342 e. The van der Waals surface area contributed by atoms with Crippen LogP contribution in [0.1, 0.15) is 26.7 Å². The van der Waals surface area contributed by atoms with Gasteiger partial charge in [0.25, 0.3) is 0 Å². The van der Waals surface area contributed by atoms with Crippen molar-refractivity contribution in [1.29, 1.82) is 0 Å². The molecule has 2 rings (SSSR count). The Bertz CT molecular complexity index is 458. The van der Waals surface area contributed by atoms with Crippen molar-refractivity contribution >= 4 is 11.8 Å². The van der Waals surface area contributed by atoms with E-state index < -0.39 is 0 Å². The summed E-state index contributed by atoms with van der Waals surface area (Å²) in [6.45, 7) is 5.42. The molecule has 0 N–H and O–H groups in total. The van der Waals surface area contributed by atoms with Gasteiger partial charge < -0.3 is 9.80 Å². The quantitative estimate of drug-likeness (QED) is 0.772. The molecule has 1 aliphatic carbocycles. The molecule has 2 nitrogen and oxygen atoms in total. The average Bonchev–Trinajstić information content (AvgIpc) is 2.46. The fourth-order valence-electron chi connectivity index (χ4n) is 2.40. The summed E-state index contributed by atoms with van der Waals surface area (Å²) in [6, 6.07) is 0.538. The Labute approximate surface area is 127 Å². The van der Waals surface area contributed by atoms with E-state index >= 15 is 0 Å². The summed E-state index contributed by atoms with van der Waals surface area (Å²) in [5.41, 5.74) is 2.85. The van der Waals surface area contributed by atoms with E-state index in [9.17, 15) is 0 Å². The van der Waals surface area contributed by atoms with Gasteiger partial charge in [0.2, 0.25) is 0 Å². The molecular formula is C17H26N2S. The normalized spacial score (nSPS) is 23.1. The van der Waals surface area contributed by atoms with Crippen LogP contribution in [0.4, 0.5) is 0 Å². The molecule has 0 radical (unpaired) electrons. The van der Waals surface area contributed by atoms with Crippen LogP contribution in [-0.4, -0.2) is 42.2 Å². The number of nitrogens with zero attached hydrogens (tertiary/aromatic N) is 2. The van der Waals surface area contributed by atoms with E-state index in [4.69, 9.17) is 0 Å². The van der Waals surface area contributed by atoms with Crippen LogP contribution in [0.5, 0.6) is 0 Å². The highest BCUT2D eigenvalue weighted by Gasteiger charge is 2.25. The van der Waals surface area contributed by atoms with Gasteiger partial charge in [-0.2, -0.15) is 0 Å². The second kappa shape index (κ2) is 7.19. The van der Waals surface area contributed by atoms with E-state index in [0.717, 1.165) is 12.3 Å². The van der Waals surface area contributed by atoms with Crippen LogP contribution in [0.15, 0.2) is 46.7 Å². The summed E-state index contributed by atoms with van der Waals surface area (Å²) in [7, 11) is 4.31. The Morgan fingerprint density at radius 1 is 1.45 bits per heavy atom. The second-order valence-electron chi connectivity index (χ2n) is 5.65. The van der Waals surface area contributed by atoms with E-state index in [1.807, 2.05) is 11.8 Å². The van der Waals surface area contributed by atoms with Crippen molar-refractivity contribution in [3.8, 4) is 0 Å². The molecular weight excluding hydrogens is 264 g/mol. The molecule has 2 aliphatic rings. The third kappa shape index (κ3) is 3.58. The van der Waals surface area contributed by atoms with Crippen molar-refractivity contribution < 1.29 is 0 Å². The maximum absolute atomic E-state index is 2.52. The Balaban J connectivity index is 2.28. The first-order valence-corrected chi connectivity index (χ1v) is 8.40. The first-order chi connectivity index (χ1) is 9.63. The molecule has 0 aromatic heterocycles. The molecule has 110 valence electrons. The molecule has 20 heavy (non-hydrogen) atoms. The Kier molecular flexibility index (Phi) is 5.55. The summed E-state index contributed by atoms with van der Waals surface area (Å²) in [6.07, 6.45) is 13.5. The van der Waals surface area contributed by atoms with Crippen LogP contribution in [-0.2, 0) is 0 Å². The van der Waals surface area contributed by atoms with Crippen LogP contribution in [0.3, 0.4) is 0 Å². The van der Waals surface area contributed by atoms with Crippen LogP contribution < -0.4 is 0 Å². The first kappa shape index (κ1) is 15.5. The van der Waals surface area contributed by atoms with Gasteiger partial charge in [0.15, 0.2) is 0 Å². The number of thioether (sulfide) groups is 1. The van der Waals surface area contributed by atoms with Gasteiger partial charge >= 0.3 is 0 Å². The van der Waals surface area contributed by atoms with Crippen LogP contribution in [0.2, 0.25) is 0 Å². The summed E-state index contributed by atoms with van der Waals surface area (Å²) >= 11 is 2.02. The molecule has 0 bridgehead atoms. The highest BCUT2D eigenvalue weighted by Crippen LogP contribution is 2.39. The standard InChI is InChI=1S/C17H26N2S/c1-5-6-9-15-13-20-17-11-8-7-10-16(17)19(15)12-14(2)18(3)4/h5-7,9-10,14H,8,11-13H2,1-4H3/b6-5-,15-9+. The van der Waals surface area contributed by atoms with Crippen molar-refractivity contribution in [3.05, 3.63) is 46.7 Å². The number of likely N-dealkylation sites (N-methyl/N-ethyl adjacent to an activating group) is 1. The van der Waals surface area contributed by atoms with E-state index in [-0.39, 0.29) is 0 Å². The minimum atomic E-state index is 0.538. The average molecular weight is 290 g/mol. The minimum absolute atomic E-state index is 0.538. The highest BCUT2D eigenvalue weighted by atomic mass is 32.2. The molecule has 0 saturated heterocycles. The van der Waals surface area contributed by atoms with Crippen molar-refractivity contribution in [2.24, 2.45) is 0 Å². The SMILES string of the molecule is C/C=C\C=C1/CSC2=C(C=CCC2)N1CC(C)N(C)C. The number of rotatable bonds is 4. The zero-order valence-corrected chi connectivity index (χ0v) is 13.9. The summed E-state index contributed by atoms with van der Waals surface area (Å²) in [4.78, 5) is 6.38. The Hall–Kier alpha value is -0.930. The van der Waals surface area contributed by atoms with Gasteiger partial charge in [-0.15, -0.1) is 11.8 Å². The lowest BCUT2D eigenvalue weighted by atomic mass is 10.1. The van der Waals surface area contributed by atoms with Crippen LogP contribution in [0, 0.1) is 0 Å². The van der Waals surface area contributed by atoms with Gasteiger partial charge in [0, 0.05) is 28.9 Å². The fraction of sp³-hybridized carbons (Fsp3) is 0.529. The van der Waals surface area contributed by atoms with Crippen molar-refractivity contribution in [3.63, 3.8) is 0 Å². The number of allylic oxidation sites excluding steroid dienone is 6. The summed E-state index contributed by atoms with van der Waals surface area (Å²) < 4.78 is 0. The Morgan fingerprint density at radius 3 is 2.95 bits per heavy atom. The monoisotopic (exact) mass is 290 g/mol. The van der Waals surface area contributed by atoms with Gasteiger partial charge in [-0.3, -0.25) is 0 Å². The van der Waals surface area contributed by atoms with E-state index in [1.54, 1.807) is 4.91 Å².